The number of hydrogen-bond acceptors (Lipinski definition) is 6. The summed E-state index contributed by atoms with van der Waals surface area (Å²) in [5, 5.41) is 0. The molecule has 22 heavy (non-hydrogen) atoms. The molecule has 0 amide bonds. The van der Waals surface area contributed by atoms with Crippen molar-refractivity contribution in [2.75, 3.05) is 13.7 Å². The van der Waals surface area contributed by atoms with Gasteiger partial charge in [0.2, 0.25) is 0 Å². The highest BCUT2D eigenvalue weighted by molar-refractivity contribution is 6.36. The van der Waals surface area contributed by atoms with Crippen LogP contribution in [0.5, 0.6) is 5.75 Å². The highest BCUT2D eigenvalue weighted by Crippen LogP contribution is 2.40. The van der Waals surface area contributed by atoms with Gasteiger partial charge in [-0.05, 0) is 44.5 Å². The number of ether oxygens (including phenoxy) is 3. The topological polar surface area (TPSA) is 78.9 Å². The van der Waals surface area contributed by atoms with Gasteiger partial charge in [0.05, 0.1) is 25.2 Å². The lowest BCUT2D eigenvalue weighted by Crippen LogP contribution is -2.46. The summed E-state index contributed by atoms with van der Waals surface area (Å²) in [4.78, 5) is 36.4. The van der Waals surface area contributed by atoms with Crippen LogP contribution in [0, 0.1) is 0 Å². The lowest BCUT2D eigenvalue weighted by molar-refractivity contribution is -0.157. The third-order valence-corrected chi connectivity index (χ3v) is 3.58. The molecule has 6 heteroatoms. The summed E-state index contributed by atoms with van der Waals surface area (Å²) in [6.45, 7) is 4.90. The molecule has 0 fully saturated rings. The summed E-state index contributed by atoms with van der Waals surface area (Å²) in [5.41, 5.74) is -0.484. The number of esters is 2. The third kappa shape index (κ3) is 2.68. The van der Waals surface area contributed by atoms with Gasteiger partial charge in [-0.2, -0.15) is 0 Å². The van der Waals surface area contributed by atoms with E-state index in [1.165, 1.54) is 13.2 Å². The minimum Gasteiger partial charge on any atom is -0.497 e. The Bertz CT molecular complexity index is 632. The largest absolute Gasteiger partial charge is 0.497 e. The van der Waals surface area contributed by atoms with E-state index in [1.54, 1.807) is 32.9 Å². The van der Waals surface area contributed by atoms with Crippen molar-refractivity contribution < 1.29 is 28.6 Å². The fourth-order valence-electron chi connectivity index (χ4n) is 2.60. The molecule has 0 aliphatic carbocycles. The number of benzene rings is 1. The number of cyclic esters (lactones) is 1. The molecule has 1 aliphatic rings. The molecule has 0 spiro atoms. The molecule has 6 nitrogen and oxygen atoms in total. The van der Waals surface area contributed by atoms with Crippen LogP contribution < -0.4 is 4.74 Å². The molecule has 118 valence electrons. The van der Waals surface area contributed by atoms with Gasteiger partial charge in [-0.25, -0.2) is 9.59 Å². The van der Waals surface area contributed by atoms with Crippen LogP contribution in [0.4, 0.5) is 0 Å². The zero-order valence-corrected chi connectivity index (χ0v) is 13.0. The lowest BCUT2D eigenvalue weighted by Gasteiger charge is -2.37. The van der Waals surface area contributed by atoms with E-state index < -0.39 is 29.2 Å². The highest BCUT2D eigenvalue weighted by atomic mass is 16.6. The Labute approximate surface area is 128 Å². The van der Waals surface area contributed by atoms with E-state index >= 15 is 0 Å². The molecule has 0 N–H and O–H groups in total. The van der Waals surface area contributed by atoms with Crippen LogP contribution in [-0.4, -0.2) is 37.0 Å². The van der Waals surface area contributed by atoms with Crippen molar-refractivity contribution in [2.45, 2.75) is 32.3 Å². The van der Waals surface area contributed by atoms with Crippen LogP contribution >= 0.6 is 0 Å². The zero-order valence-electron chi connectivity index (χ0n) is 13.0. The molecule has 0 saturated heterocycles. The molecule has 0 aromatic heterocycles. The molecular formula is C16H18O6. The van der Waals surface area contributed by atoms with Crippen LogP contribution in [0.25, 0.3) is 0 Å². The summed E-state index contributed by atoms with van der Waals surface area (Å²) in [6.07, 6.45) is 0. The first-order valence-electron chi connectivity index (χ1n) is 6.94. The molecule has 1 heterocycles. The Hall–Kier alpha value is -2.37. The van der Waals surface area contributed by atoms with Gasteiger partial charge in [-0.3, -0.25) is 4.79 Å². The van der Waals surface area contributed by atoms with Gasteiger partial charge in [0.1, 0.15) is 11.4 Å². The second-order valence-corrected chi connectivity index (χ2v) is 5.46. The molecule has 0 saturated carbocycles. The Kier molecular flexibility index (Phi) is 4.21. The predicted octanol–water partition coefficient (Wildman–Crippen LogP) is 1.86. The first kappa shape index (κ1) is 16.0. The van der Waals surface area contributed by atoms with Gasteiger partial charge in [0.25, 0.3) is 5.78 Å². The SMILES string of the molecule is CCOC(=O)C(=O)C1c2cc(OC)ccc2C(=O)OC1(C)C. The maximum Gasteiger partial charge on any atom is 0.375 e. The van der Waals surface area contributed by atoms with Crippen molar-refractivity contribution in [3.8, 4) is 5.75 Å². The number of carbonyl (C=O) groups excluding carboxylic acids is 3. The van der Waals surface area contributed by atoms with Gasteiger partial charge in [-0.1, -0.05) is 0 Å². The molecule has 0 radical (unpaired) electrons. The minimum absolute atomic E-state index is 0.0997. The summed E-state index contributed by atoms with van der Waals surface area (Å²) in [6, 6.07) is 4.71. The van der Waals surface area contributed by atoms with E-state index in [9.17, 15) is 14.4 Å². The fourth-order valence-corrected chi connectivity index (χ4v) is 2.60. The van der Waals surface area contributed by atoms with Crippen LogP contribution in [0.2, 0.25) is 0 Å². The quantitative estimate of drug-likeness (QED) is 0.624. The minimum atomic E-state index is -1.15. The highest BCUT2D eigenvalue weighted by Gasteiger charge is 2.48. The van der Waals surface area contributed by atoms with Crippen LogP contribution in [-0.2, 0) is 19.1 Å². The van der Waals surface area contributed by atoms with Gasteiger partial charge < -0.3 is 14.2 Å². The number of methoxy groups -OCH3 is 1. The van der Waals surface area contributed by atoms with Crippen LogP contribution in [0.1, 0.15) is 42.6 Å². The molecule has 0 bridgehead atoms. The maximum absolute atomic E-state index is 12.5. The Balaban J connectivity index is 2.56. The van der Waals surface area contributed by atoms with Crippen molar-refractivity contribution in [3.63, 3.8) is 0 Å². The third-order valence-electron chi connectivity index (χ3n) is 3.58. The molecule has 1 atom stereocenters. The monoisotopic (exact) mass is 306 g/mol. The van der Waals surface area contributed by atoms with E-state index in [-0.39, 0.29) is 12.2 Å². The van der Waals surface area contributed by atoms with Crippen molar-refractivity contribution >= 4 is 17.7 Å². The molecule has 1 unspecified atom stereocenters. The maximum atomic E-state index is 12.5. The summed E-state index contributed by atoms with van der Waals surface area (Å²) < 4.78 is 15.3. The summed E-state index contributed by atoms with van der Waals surface area (Å²) >= 11 is 0. The number of rotatable bonds is 4. The van der Waals surface area contributed by atoms with Crippen molar-refractivity contribution in [3.05, 3.63) is 29.3 Å². The van der Waals surface area contributed by atoms with Gasteiger partial charge in [0, 0.05) is 0 Å². The Morgan fingerprint density at radius 1 is 1.32 bits per heavy atom. The van der Waals surface area contributed by atoms with Crippen molar-refractivity contribution in [2.24, 2.45) is 0 Å². The Morgan fingerprint density at radius 2 is 2.00 bits per heavy atom. The molecule has 1 aromatic rings. The van der Waals surface area contributed by atoms with E-state index in [0.29, 0.717) is 11.3 Å². The molecule has 2 rings (SSSR count). The zero-order chi connectivity index (χ0) is 16.5. The molecule has 1 aliphatic heterocycles. The second kappa shape index (κ2) is 5.79. The van der Waals surface area contributed by atoms with Crippen molar-refractivity contribution in [1.29, 1.82) is 0 Å². The smallest absolute Gasteiger partial charge is 0.375 e. The standard InChI is InChI=1S/C16H18O6/c1-5-21-15(19)13(17)12-11-8-9(20-4)6-7-10(11)14(18)22-16(12,2)3/h6-8,12H,5H2,1-4H3. The van der Waals surface area contributed by atoms with E-state index in [4.69, 9.17) is 14.2 Å². The first-order chi connectivity index (χ1) is 10.3. The number of hydrogen-bond donors (Lipinski definition) is 0. The normalized spacial score (nSPS) is 18.9. The van der Waals surface area contributed by atoms with E-state index in [0.717, 1.165) is 0 Å². The van der Waals surface area contributed by atoms with Gasteiger partial charge in [-0.15, -0.1) is 0 Å². The summed E-state index contributed by atoms with van der Waals surface area (Å²) in [5.74, 6) is -2.66. The molecular weight excluding hydrogens is 288 g/mol. The van der Waals surface area contributed by atoms with Crippen molar-refractivity contribution in [1.82, 2.24) is 0 Å². The first-order valence-corrected chi connectivity index (χ1v) is 6.94. The second-order valence-electron chi connectivity index (χ2n) is 5.46. The number of fused-ring (bicyclic) bond motifs is 1. The van der Waals surface area contributed by atoms with E-state index in [1.807, 2.05) is 0 Å². The average Bonchev–Trinajstić information content (AvgIpc) is 2.45. The Morgan fingerprint density at radius 3 is 2.59 bits per heavy atom. The van der Waals surface area contributed by atoms with E-state index in [2.05, 4.69) is 0 Å². The lowest BCUT2D eigenvalue weighted by atomic mass is 9.77. The number of carbonyl (C=O) groups is 3. The fraction of sp³-hybridized carbons (Fsp3) is 0.438. The number of Topliss-reactive ketones (excluding diaryl/α,β-unsaturated/α-hetero) is 1. The number of ketones is 1. The van der Waals surface area contributed by atoms with Gasteiger partial charge in [0.15, 0.2) is 0 Å². The average molecular weight is 306 g/mol. The van der Waals surface area contributed by atoms with Crippen LogP contribution in [0.15, 0.2) is 18.2 Å². The van der Waals surface area contributed by atoms with Gasteiger partial charge >= 0.3 is 11.9 Å². The molecule has 1 aromatic carbocycles. The van der Waals surface area contributed by atoms with Crippen LogP contribution in [0.3, 0.4) is 0 Å². The predicted molar refractivity (Wildman–Crippen MR) is 76.9 cm³/mol. The summed E-state index contributed by atoms with van der Waals surface area (Å²) in [7, 11) is 1.48.